The zero-order valence-electron chi connectivity index (χ0n) is 9.38. The van der Waals surface area contributed by atoms with Gasteiger partial charge in [-0.2, -0.15) is 0 Å². The molecule has 0 spiro atoms. The predicted molar refractivity (Wildman–Crippen MR) is 60.8 cm³/mol. The quantitative estimate of drug-likeness (QED) is 0.842. The molecule has 1 aromatic heterocycles. The predicted octanol–water partition coefficient (Wildman–Crippen LogP) is 1.69. The van der Waals surface area contributed by atoms with Gasteiger partial charge in [-0.15, -0.1) is 0 Å². The van der Waals surface area contributed by atoms with Gasteiger partial charge in [0.25, 0.3) is 0 Å². The molecule has 0 amide bonds. The van der Waals surface area contributed by atoms with Gasteiger partial charge in [-0.05, 0) is 24.1 Å². The van der Waals surface area contributed by atoms with Crippen molar-refractivity contribution in [3.8, 4) is 0 Å². The van der Waals surface area contributed by atoms with Crippen molar-refractivity contribution in [1.82, 2.24) is 4.98 Å². The van der Waals surface area contributed by atoms with E-state index in [1.165, 1.54) is 0 Å². The Hall–Kier alpha value is -1.88. The van der Waals surface area contributed by atoms with Crippen LogP contribution >= 0.6 is 0 Å². The largest absolute Gasteiger partial charge is 0.481 e. The summed E-state index contributed by atoms with van der Waals surface area (Å²) < 4.78 is 5.32. The lowest BCUT2D eigenvalue weighted by atomic mass is 9.96. The molecule has 1 unspecified atom stereocenters. The van der Waals surface area contributed by atoms with Crippen LogP contribution in [0.2, 0.25) is 0 Å². The van der Waals surface area contributed by atoms with Crippen molar-refractivity contribution in [1.29, 1.82) is 0 Å². The van der Waals surface area contributed by atoms with Gasteiger partial charge in [0.05, 0.1) is 5.92 Å². The first-order valence-corrected chi connectivity index (χ1v) is 5.32. The van der Waals surface area contributed by atoms with Gasteiger partial charge in [-0.3, -0.25) is 4.79 Å². The molecule has 2 N–H and O–H groups in total. The fourth-order valence-electron chi connectivity index (χ4n) is 1.84. The maximum atomic E-state index is 11.1. The normalized spacial score (nSPS) is 12.8. The van der Waals surface area contributed by atoms with Crippen molar-refractivity contribution >= 4 is 17.1 Å². The lowest BCUT2D eigenvalue weighted by Gasteiger charge is -2.10. The van der Waals surface area contributed by atoms with E-state index in [2.05, 4.69) is 4.98 Å². The monoisotopic (exact) mass is 235 g/mol. The Morgan fingerprint density at radius 2 is 2.29 bits per heavy atom. The molecule has 0 bridgehead atoms. The second-order valence-corrected chi connectivity index (χ2v) is 3.86. The average Bonchev–Trinajstić information content (AvgIpc) is 2.64. The summed E-state index contributed by atoms with van der Waals surface area (Å²) in [6, 6.07) is 5.10. The number of fused-ring (bicyclic) bond motifs is 1. The van der Waals surface area contributed by atoms with Crippen LogP contribution in [-0.4, -0.2) is 27.8 Å². The van der Waals surface area contributed by atoms with Crippen LogP contribution in [0.3, 0.4) is 0 Å². The van der Waals surface area contributed by atoms with Crippen LogP contribution < -0.4 is 0 Å². The summed E-state index contributed by atoms with van der Waals surface area (Å²) in [5.41, 5.74) is 1.91. The molecule has 1 atom stereocenters. The molecular weight excluding hydrogens is 222 g/mol. The Morgan fingerprint density at radius 1 is 1.53 bits per heavy atom. The number of hydrogen-bond acceptors (Lipinski definition) is 4. The molecule has 5 nitrogen and oxygen atoms in total. The van der Waals surface area contributed by atoms with E-state index < -0.39 is 11.9 Å². The number of carboxylic acids is 1. The second-order valence-electron chi connectivity index (χ2n) is 3.86. The number of nitrogens with zero attached hydrogens (tertiary/aromatic N) is 1. The van der Waals surface area contributed by atoms with Crippen LogP contribution in [0.4, 0.5) is 0 Å². The smallest absolute Gasteiger partial charge is 0.311 e. The third-order valence-corrected chi connectivity index (χ3v) is 2.64. The van der Waals surface area contributed by atoms with E-state index in [0.717, 1.165) is 0 Å². The van der Waals surface area contributed by atoms with E-state index in [9.17, 15) is 4.79 Å². The van der Waals surface area contributed by atoms with Crippen molar-refractivity contribution in [2.45, 2.75) is 19.3 Å². The first kappa shape index (κ1) is 11.6. The summed E-state index contributed by atoms with van der Waals surface area (Å²) in [7, 11) is 0. The molecule has 0 saturated heterocycles. The van der Waals surface area contributed by atoms with E-state index >= 15 is 0 Å². The zero-order valence-corrected chi connectivity index (χ0v) is 9.38. The fourth-order valence-corrected chi connectivity index (χ4v) is 1.84. The maximum Gasteiger partial charge on any atom is 0.311 e. The van der Waals surface area contributed by atoms with Crippen LogP contribution in [-0.2, 0) is 4.79 Å². The molecule has 0 saturated carbocycles. The van der Waals surface area contributed by atoms with E-state index in [1.54, 1.807) is 25.1 Å². The molecule has 0 aliphatic carbocycles. The Balaban J connectivity index is 2.42. The highest BCUT2D eigenvalue weighted by Crippen LogP contribution is 2.24. The standard InChI is InChI=1S/C12H13NO4/c1-7-13-10-6-8(2-3-11(10)17-7)9(4-5-14)12(15)16/h2-3,6,9,14H,4-5H2,1H3,(H,15,16). The van der Waals surface area contributed by atoms with Gasteiger partial charge in [0.2, 0.25) is 0 Å². The summed E-state index contributed by atoms with van der Waals surface area (Å²) in [4.78, 5) is 15.2. The molecule has 17 heavy (non-hydrogen) atoms. The molecule has 0 radical (unpaired) electrons. The van der Waals surface area contributed by atoms with E-state index in [0.29, 0.717) is 22.6 Å². The second kappa shape index (κ2) is 4.55. The molecule has 2 aromatic rings. The summed E-state index contributed by atoms with van der Waals surface area (Å²) in [6.45, 7) is 1.58. The Bertz CT molecular complexity index is 546. The Labute approximate surface area is 97.7 Å². The third kappa shape index (κ3) is 2.29. The zero-order chi connectivity index (χ0) is 12.4. The number of rotatable bonds is 4. The number of oxazole rings is 1. The SMILES string of the molecule is Cc1nc2cc(C(CCO)C(=O)O)ccc2o1. The van der Waals surface area contributed by atoms with E-state index in [4.69, 9.17) is 14.6 Å². The van der Waals surface area contributed by atoms with Crippen LogP contribution in [0.15, 0.2) is 22.6 Å². The van der Waals surface area contributed by atoms with Crippen LogP contribution in [0, 0.1) is 6.92 Å². The van der Waals surface area contributed by atoms with Crippen LogP contribution in [0.25, 0.3) is 11.1 Å². The summed E-state index contributed by atoms with van der Waals surface area (Å²) in [6.07, 6.45) is 0.192. The lowest BCUT2D eigenvalue weighted by molar-refractivity contribution is -0.139. The molecule has 5 heteroatoms. The number of benzene rings is 1. The fraction of sp³-hybridized carbons (Fsp3) is 0.333. The number of hydrogen-bond donors (Lipinski definition) is 2. The minimum absolute atomic E-state index is 0.160. The highest BCUT2D eigenvalue weighted by molar-refractivity contribution is 5.80. The van der Waals surface area contributed by atoms with Crippen molar-refractivity contribution < 1.29 is 19.4 Å². The molecule has 0 aliphatic heterocycles. The number of aliphatic carboxylic acids is 1. The van der Waals surface area contributed by atoms with Gasteiger partial charge in [-0.1, -0.05) is 6.07 Å². The van der Waals surface area contributed by atoms with Crippen LogP contribution in [0.5, 0.6) is 0 Å². The molecular formula is C12H13NO4. The molecule has 0 aliphatic rings. The van der Waals surface area contributed by atoms with Gasteiger partial charge in [0.1, 0.15) is 5.52 Å². The van der Waals surface area contributed by atoms with E-state index in [1.807, 2.05) is 0 Å². The molecule has 2 rings (SSSR count). The number of aliphatic hydroxyl groups excluding tert-OH is 1. The Morgan fingerprint density at radius 3 is 2.94 bits per heavy atom. The average molecular weight is 235 g/mol. The minimum atomic E-state index is -0.946. The molecule has 1 heterocycles. The highest BCUT2D eigenvalue weighted by Gasteiger charge is 2.20. The van der Waals surface area contributed by atoms with Gasteiger partial charge < -0.3 is 14.6 Å². The first-order valence-electron chi connectivity index (χ1n) is 5.32. The van der Waals surface area contributed by atoms with Crippen molar-refractivity contribution in [3.63, 3.8) is 0 Å². The Kier molecular flexibility index (Phi) is 3.10. The number of aryl methyl sites for hydroxylation is 1. The molecule has 1 aromatic carbocycles. The number of carbonyl (C=O) groups is 1. The summed E-state index contributed by atoms with van der Waals surface area (Å²) in [5, 5.41) is 17.9. The maximum absolute atomic E-state index is 11.1. The minimum Gasteiger partial charge on any atom is -0.481 e. The van der Waals surface area contributed by atoms with Gasteiger partial charge in [0, 0.05) is 13.5 Å². The highest BCUT2D eigenvalue weighted by atomic mass is 16.4. The van der Waals surface area contributed by atoms with Gasteiger partial charge in [-0.25, -0.2) is 4.98 Å². The summed E-state index contributed by atoms with van der Waals surface area (Å²) in [5.74, 6) is -1.11. The molecule has 0 fully saturated rings. The third-order valence-electron chi connectivity index (χ3n) is 2.64. The van der Waals surface area contributed by atoms with Gasteiger partial charge in [0.15, 0.2) is 11.5 Å². The van der Waals surface area contributed by atoms with Crippen LogP contribution in [0.1, 0.15) is 23.8 Å². The number of aliphatic hydroxyl groups is 1. The van der Waals surface area contributed by atoms with Gasteiger partial charge >= 0.3 is 5.97 Å². The summed E-state index contributed by atoms with van der Waals surface area (Å²) >= 11 is 0. The number of carboxylic acid groups (broad SMARTS) is 1. The topological polar surface area (TPSA) is 83.6 Å². The number of aromatic nitrogens is 1. The van der Waals surface area contributed by atoms with Crippen molar-refractivity contribution in [2.24, 2.45) is 0 Å². The van der Waals surface area contributed by atoms with Crippen molar-refractivity contribution in [2.75, 3.05) is 6.61 Å². The first-order chi connectivity index (χ1) is 8.11. The molecule has 90 valence electrons. The van der Waals surface area contributed by atoms with Crippen molar-refractivity contribution in [3.05, 3.63) is 29.7 Å². The van der Waals surface area contributed by atoms with E-state index in [-0.39, 0.29) is 13.0 Å². The lowest BCUT2D eigenvalue weighted by Crippen LogP contribution is -2.13.